The highest BCUT2D eigenvalue weighted by Crippen LogP contribution is 2.37. The molecule has 2 fully saturated rings. The minimum absolute atomic E-state index is 0.433. The predicted molar refractivity (Wildman–Crippen MR) is 106 cm³/mol. The molecule has 2 aromatic rings. The van der Waals surface area contributed by atoms with Crippen LogP contribution in [-0.2, 0) is 6.54 Å². The van der Waals surface area contributed by atoms with Gasteiger partial charge in [0.1, 0.15) is 0 Å². The molecule has 0 unspecified atom stereocenters. The molecule has 1 saturated heterocycles. The van der Waals surface area contributed by atoms with Crippen LogP contribution in [0.2, 0.25) is 0 Å². The van der Waals surface area contributed by atoms with Crippen molar-refractivity contribution in [2.45, 2.75) is 63.6 Å². The molecule has 1 aromatic heterocycles. The van der Waals surface area contributed by atoms with Crippen LogP contribution in [0.5, 0.6) is 11.5 Å². The summed E-state index contributed by atoms with van der Waals surface area (Å²) in [5, 5.41) is 4.68. The van der Waals surface area contributed by atoms with Gasteiger partial charge >= 0.3 is 0 Å². The number of rotatable bonds is 6. The van der Waals surface area contributed by atoms with Gasteiger partial charge in [0.05, 0.1) is 26.5 Å². The third-order valence-electron chi connectivity index (χ3n) is 6.15. The van der Waals surface area contributed by atoms with Gasteiger partial charge in [-0.1, -0.05) is 25.3 Å². The molecule has 27 heavy (non-hydrogen) atoms. The molecule has 5 nitrogen and oxygen atoms in total. The maximum absolute atomic E-state index is 5.50. The van der Waals surface area contributed by atoms with Crippen molar-refractivity contribution in [2.24, 2.45) is 0 Å². The number of nitrogens with zero attached hydrogens (tertiary/aromatic N) is 3. The lowest BCUT2D eigenvalue weighted by molar-refractivity contribution is 0.247. The first-order chi connectivity index (χ1) is 13.3. The largest absolute Gasteiger partial charge is 0.493 e. The maximum Gasteiger partial charge on any atom is 0.161 e. The fourth-order valence-corrected chi connectivity index (χ4v) is 4.69. The quantitative estimate of drug-likeness (QED) is 0.737. The molecule has 1 atom stereocenters. The third kappa shape index (κ3) is 3.98. The van der Waals surface area contributed by atoms with E-state index in [1.807, 2.05) is 6.07 Å². The summed E-state index contributed by atoms with van der Waals surface area (Å²) in [7, 11) is 3.39. The van der Waals surface area contributed by atoms with E-state index < -0.39 is 0 Å². The van der Waals surface area contributed by atoms with Crippen LogP contribution in [0, 0.1) is 0 Å². The normalized spacial score (nSPS) is 21.5. The van der Waals surface area contributed by atoms with Crippen molar-refractivity contribution in [1.29, 1.82) is 0 Å². The highest BCUT2D eigenvalue weighted by molar-refractivity contribution is 5.44. The molecule has 1 aromatic carbocycles. The lowest BCUT2D eigenvalue weighted by atomic mass is 9.96. The van der Waals surface area contributed by atoms with E-state index in [0.29, 0.717) is 12.1 Å². The molecule has 1 aliphatic heterocycles. The molecule has 146 valence electrons. The van der Waals surface area contributed by atoms with Gasteiger partial charge in [-0.25, -0.2) is 0 Å². The molecule has 4 rings (SSSR count). The van der Waals surface area contributed by atoms with E-state index in [2.05, 4.69) is 39.2 Å². The van der Waals surface area contributed by atoms with Crippen LogP contribution in [0.25, 0.3) is 0 Å². The second kappa shape index (κ2) is 8.34. The van der Waals surface area contributed by atoms with Crippen molar-refractivity contribution >= 4 is 0 Å². The second-order valence-corrected chi connectivity index (χ2v) is 7.86. The molecule has 2 aliphatic rings. The van der Waals surface area contributed by atoms with Crippen molar-refractivity contribution < 1.29 is 9.47 Å². The molecule has 1 aliphatic carbocycles. The van der Waals surface area contributed by atoms with Crippen LogP contribution < -0.4 is 9.47 Å². The van der Waals surface area contributed by atoms with Gasteiger partial charge in [-0.05, 0) is 49.9 Å². The van der Waals surface area contributed by atoms with E-state index in [0.717, 1.165) is 24.6 Å². The Morgan fingerprint density at radius 2 is 1.81 bits per heavy atom. The molecule has 2 heterocycles. The van der Waals surface area contributed by atoms with E-state index in [4.69, 9.17) is 9.47 Å². The Morgan fingerprint density at radius 1 is 1.00 bits per heavy atom. The number of hydrogen-bond donors (Lipinski definition) is 0. The fraction of sp³-hybridized carbons (Fsp3) is 0.591. The summed E-state index contributed by atoms with van der Waals surface area (Å²) >= 11 is 0. The minimum Gasteiger partial charge on any atom is -0.493 e. The summed E-state index contributed by atoms with van der Waals surface area (Å²) in [5.41, 5.74) is 2.64. The lowest BCUT2D eigenvalue weighted by Gasteiger charge is -2.25. The first-order valence-corrected chi connectivity index (χ1v) is 10.3. The SMILES string of the molecule is COc1ccc([C@@H]2CCCN2Cc2cnn(C3CCCCC3)c2)cc1OC. The summed E-state index contributed by atoms with van der Waals surface area (Å²) in [4.78, 5) is 2.57. The van der Waals surface area contributed by atoms with Gasteiger partial charge < -0.3 is 9.47 Å². The molecule has 1 saturated carbocycles. The van der Waals surface area contributed by atoms with Crippen molar-refractivity contribution in [3.8, 4) is 11.5 Å². The van der Waals surface area contributed by atoms with Crippen LogP contribution in [-0.4, -0.2) is 35.4 Å². The van der Waals surface area contributed by atoms with E-state index in [1.165, 1.54) is 56.1 Å². The smallest absolute Gasteiger partial charge is 0.161 e. The average Bonchev–Trinajstić information content (AvgIpc) is 3.38. The Bertz CT molecular complexity index is 752. The van der Waals surface area contributed by atoms with Crippen LogP contribution in [0.4, 0.5) is 0 Å². The van der Waals surface area contributed by atoms with Crippen molar-refractivity contribution in [3.05, 3.63) is 41.7 Å². The van der Waals surface area contributed by atoms with Crippen LogP contribution in [0.15, 0.2) is 30.6 Å². The number of ether oxygens (including phenoxy) is 2. The molecular weight excluding hydrogens is 338 g/mol. The monoisotopic (exact) mass is 369 g/mol. The topological polar surface area (TPSA) is 39.5 Å². The van der Waals surface area contributed by atoms with Crippen LogP contribution in [0.3, 0.4) is 0 Å². The summed E-state index contributed by atoms with van der Waals surface area (Å²) in [5.74, 6) is 1.60. The Kier molecular flexibility index (Phi) is 5.67. The Hall–Kier alpha value is -2.01. The zero-order chi connectivity index (χ0) is 18.6. The summed E-state index contributed by atoms with van der Waals surface area (Å²) in [6, 6.07) is 7.37. The Labute approximate surface area is 162 Å². The predicted octanol–water partition coefficient (Wildman–Crippen LogP) is 4.74. The lowest BCUT2D eigenvalue weighted by Crippen LogP contribution is -2.22. The number of methoxy groups -OCH3 is 2. The summed E-state index contributed by atoms with van der Waals surface area (Å²) in [6.45, 7) is 2.10. The molecule has 0 N–H and O–H groups in total. The first-order valence-electron chi connectivity index (χ1n) is 10.3. The number of hydrogen-bond acceptors (Lipinski definition) is 4. The Balaban J connectivity index is 1.46. The van der Waals surface area contributed by atoms with Gasteiger partial charge in [-0.2, -0.15) is 5.10 Å². The summed E-state index contributed by atoms with van der Waals surface area (Å²) in [6.07, 6.45) is 13.4. The Morgan fingerprint density at radius 3 is 2.59 bits per heavy atom. The van der Waals surface area contributed by atoms with Crippen molar-refractivity contribution in [2.75, 3.05) is 20.8 Å². The van der Waals surface area contributed by atoms with E-state index in [1.54, 1.807) is 14.2 Å². The third-order valence-corrected chi connectivity index (χ3v) is 6.15. The van der Waals surface area contributed by atoms with E-state index in [-0.39, 0.29) is 0 Å². The standard InChI is InChI=1S/C22H31N3O2/c1-26-21-11-10-18(13-22(21)27-2)20-9-6-12-24(20)15-17-14-23-25(16-17)19-7-4-3-5-8-19/h10-11,13-14,16,19-20H,3-9,12,15H2,1-2H3/t20-/m0/s1. The summed E-state index contributed by atoms with van der Waals surface area (Å²) < 4.78 is 13.1. The van der Waals surface area contributed by atoms with Crippen LogP contribution in [0.1, 0.15) is 68.2 Å². The van der Waals surface area contributed by atoms with E-state index in [9.17, 15) is 0 Å². The van der Waals surface area contributed by atoms with Gasteiger partial charge in [-0.15, -0.1) is 0 Å². The number of benzene rings is 1. The van der Waals surface area contributed by atoms with Gasteiger partial charge in [0.15, 0.2) is 11.5 Å². The average molecular weight is 370 g/mol. The molecule has 0 amide bonds. The van der Waals surface area contributed by atoms with Gasteiger partial charge in [0.25, 0.3) is 0 Å². The molecule has 5 heteroatoms. The zero-order valence-electron chi connectivity index (χ0n) is 16.6. The fourth-order valence-electron chi connectivity index (χ4n) is 4.69. The second-order valence-electron chi connectivity index (χ2n) is 7.86. The van der Waals surface area contributed by atoms with E-state index >= 15 is 0 Å². The number of aromatic nitrogens is 2. The highest BCUT2D eigenvalue weighted by Gasteiger charge is 2.27. The molecule has 0 radical (unpaired) electrons. The maximum atomic E-state index is 5.50. The van der Waals surface area contributed by atoms with Gasteiger partial charge in [0, 0.05) is 24.3 Å². The molecule has 0 bridgehead atoms. The van der Waals surface area contributed by atoms with Gasteiger partial charge in [-0.3, -0.25) is 9.58 Å². The van der Waals surface area contributed by atoms with Crippen molar-refractivity contribution in [3.63, 3.8) is 0 Å². The number of likely N-dealkylation sites (tertiary alicyclic amines) is 1. The zero-order valence-corrected chi connectivity index (χ0v) is 16.6. The minimum atomic E-state index is 0.433. The highest BCUT2D eigenvalue weighted by atomic mass is 16.5. The van der Waals surface area contributed by atoms with Crippen LogP contribution >= 0.6 is 0 Å². The van der Waals surface area contributed by atoms with Crippen molar-refractivity contribution in [1.82, 2.24) is 14.7 Å². The molecular formula is C22H31N3O2. The van der Waals surface area contributed by atoms with Gasteiger partial charge in [0.2, 0.25) is 0 Å². The molecule has 0 spiro atoms. The first kappa shape index (κ1) is 18.4.